The van der Waals surface area contributed by atoms with Crippen molar-refractivity contribution in [3.8, 4) is 11.6 Å². The second-order valence-electron chi connectivity index (χ2n) is 5.04. The molecule has 1 atom stereocenters. The van der Waals surface area contributed by atoms with Crippen LogP contribution in [0.3, 0.4) is 0 Å². The molecule has 0 saturated carbocycles. The normalized spacial score (nSPS) is 12.2. The third-order valence-corrected chi connectivity index (χ3v) is 3.67. The molecule has 114 valence electrons. The maximum atomic E-state index is 5.42. The fraction of sp³-hybridized carbons (Fsp3) is 0.438. The number of aryl methyl sites for hydroxylation is 2. The van der Waals surface area contributed by atoms with Crippen LogP contribution in [0.2, 0.25) is 0 Å². The quantitative estimate of drug-likeness (QED) is 0.888. The summed E-state index contributed by atoms with van der Waals surface area (Å²) in [6.45, 7) is 4.81. The van der Waals surface area contributed by atoms with Crippen LogP contribution >= 0.6 is 0 Å². The summed E-state index contributed by atoms with van der Waals surface area (Å²) in [5.41, 5.74) is 3.20. The molecular formula is C16H23N3O2. The first-order chi connectivity index (χ1) is 10.1. The molecule has 0 aliphatic carbocycles. The predicted octanol–water partition coefficient (Wildman–Crippen LogP) is 2.60. The van der Waals surface area contributed by atoms with Gasteiger partial charge >= 0.3 is 0 Å². The highest BCUT2D eigenvalue weighted by Crippen LogP contribution is 2.26. The van der Waals surface area contributed by atoms with Crippen molar-refractivity contribution in [3.63, 3.8) is 0 Å². The Bertz CT molecular complexity index is 608. The maximum absolute atomic E-state index is 5.42. The van der Waals surface area contributed by atoms with E-state index >= 15 is 0 Å². The van der Waals surface area contributed by atoms with Gasteiger partial charge in [-0.05, 0) is 19.9 Å². The predicted molar refractivity (Wildman–Crippen MR) is 82.7 cm³/mol. The number of rotatable bonds is 6. The maximum Gasteiger partial charge on any atom is 0.216 e. The van der Waals surface area contributed by atoms with Crippen LogP contribution in [-0.4, -0.2) is 24.0 Å². The van der Waals surface area contributed by atoms with E-state index in [9.17, 15) is 0 Å². The van der Waals surface area contributed by atoms with Crippen LogP contribution in [0.5, 0.6) is 11.6 Å². The molecular weight excluding hydrogens is 266 g/mol. The Hall–Kier alpha value is -2.01. The summed E-state index contributed by atoms with van der Waals surface area (Å²) < 4.78 is 12.6. The molecule has 0 aliphatic rings. The average Bonchev–Trinajstić information content (AvgIpc) is 2.77. The van der Waals surface area contributed by atoms with Gasteiger partial charge in [-0.2, -0.15) is 5.10 Å². The van der Waals surface area contributed by atoms with E-state index in [-0.39, 0.29) is 6.04 Å². The standard InChI is InChI=1S/C16H23N3O2/c1-11(13-8-6-7-9-15(13)20-4)17-10-14-12(2)18-19(3)16(14)21-5/h6-9,11,17H,10H2,1-5H3/t11-/m1/s1. The van der Waals surface area contributed by atoms with E-state index < -0.39 is 0 Å². The summed E-state index contributed by atoms with van der Waals surface area (Å²) >= 11 is 0. The van der Waals surface area contributed by atoms with Crippen molar-refractivity contribution in [2.24, 2.45) is 7.05 Å². The Balaban J connectivity index is 2.13. The lowest BCUT2D eigenvalue weighted by Crippen LogP contribution is -2.19. The number of hydrogen-bond donors (Lipinski definition) is 1. The van der Waals surface area contributed by atoms with Crippen LogP contribution in [-0.2, 0) is 13.6 Å². The van der Waals surface area contributed by atoms with Crippen LogP contribution in [0.1, 0.15) is 29.8 Å². The van der Waals surface area contributed by atoms with Gasteiger partial charge in [-0.3, -0.25) is 0 Å². The molecule has 0 bridgehead atoms. The zero-order valence-corrected chi connectivity index (χ0v) is 13.3. The zero-order valence-electron chi connectivity index (χ0n) is 13.3. The fourth-order valence-corrected chi connectivity index (χ4v) is 2.53. The van der Waals surface area contributed by atoms with Gasteiger partial charge in [0.1, 0.15) is 5.75 Å². The van der Waals surface area contributed by atoms with Gasteiger partial charge in [0, 0.05) is 25.2 Å². The average molecular weight is 289 g/mol. The van der Waals surface area contributed by atoms with Crippen molar-refractivity contribution in [2.45, 2.75) is 26.4 Å². The molecule has 0 fully saturated rings. The highest BCUT2D eigenvalue weighted by atomic mass is 16.5. The molecule has 5 nitrogen and oxygen atoms in total. The summed E-state index contributed by atoms with van der Waals surface area (Å²) in [4.78, 5) is 0. The van der Waals surface area contributed by atoms with Crippen LogP contribution in [0.4, 0.5) is 0 Å². The first-order valence-electron chi connectivity index (χ1n) is 7.01. The summed E-state index contributed by atoms with van der Waals surface area (Å²) in [7, 11) is 5.25. The number of methoxy groups -OCH3 is 2. The first kappa shape index (κ1) is 15.4. The lowest BCUT2D eigenvalue weighted by atomic mass is 10.1. The number of benzene rings is 1. The number of para-hydroxylation sites is 1. The molecule has 2 aromatic rings. The molecule has 0 aliphatic heterocycles. The number of nitrogens with zero attached hydrogens (tertiary/aromatic N) is 2. The van der Waals surface area contributed by atoms with E-state index in [0.717, 1.165) is 28.5 Å². The Labute approximate surface area is 125 Å². The highest BCUT2D eigenvalue weighted by molar-refractivity contribution is 5.36. The minimum absolute atomic E-state index is 0.172. The molecule has 0 amide bonds. The monoisotopic (exact) mass is 289 g/mol. The minimum Gasteiger partial charge on any atom is -0.496 e. The molecule has 0 unspecified atom stereocenters. The highest BCUT2D eigenvalue weighted by Gasteiger charge is 2.16. The topological polar surface area (TPSA) is 48.3 Å². The van der Waals surface area contributed by atoms with Crippen molar-refractivity contribution < 1.29 is 9.47 Å². The van der Waals surface area contributed by atoms with Crippen LogP contribution in [0, 0.1) is 6.92 Å². The molecule has 1 heterocycles. The minimum atomic E-state index is 0.172. The van der Waals surface area contributed by atoms with E-state index in [1.165, 1.54) is 0 Å². The van der Waals surface area contributed by atoms with Gasteiger partial charge in [-0.25, -0.2) is 4.68 Å². The lowest BCUT2D eigenvalue weighted by Gasteiger charge is -2.17. The molecule has 0 saturated heterocycles. The van der Waals surface area contributed by atoms with Gasteiger partial charge < -0.3 is 14.8 Å². The van der Waals surface area contributed by atoms with Gasteiger partial charge in [0.15, 0.2) is 0 Å². The van der Waals surface area contributed by atoms with Crippen molar-refractivity contribution in [3.05, 3.63) is 41.1 Å². The van der Waals surface area contributed by atoms with Gasteiger partial charge in [0.05, 0.1) is 25.5 Å². The van der Waals surface area contributed by atoms with Crippen molar-refractivity contribution in [1.29, 1.82) is 0 Å². The molecule has 1 aromatic heterocycles. The Kier molecular flexibility index (Phi) is 4.85. The Morgan fingerprint density at radius 2 is 1.95 bits per heavy atom. The van der Waals surface area contributed by atoms with E-state index in [4.69, 9.17) is 9.47 Å². The van der Waals surface area contributed by atoms with E-state index in [1.807, 2.05) is 32.2 Å². The fourth-order valence-electron chi connectivity index (χ4n) is 2.53. The molecule has 0 radical (unpaired) electrons. The summed E-state index contributed by atoms with van der Waals surface area (Å²) in [5.74, 6) is 1.69. The van der Waals surface area contributed by atoms with Crippen molar-refractivity contribution in [2.75, 3.05) is 14.2 Å². The number of ether oxygens (including phenoxy) is 2. The van der Waals surface area contributed by atoms with E-state index in [0.29, 0.717) is 6.54 Å². The largest absolute Gasteiger partial charge is 0.496 e. The van der Waals surface area contributed by atoms with E-state index in [2.05, 4.69) is 23.4 Å². The number of aromatic nitrogens is 2. The second kappa shape index (κ2) is 6.63. The van der Waals surface area contributed by atoms with Crippen LogP contribution in [0.25, 0.3) is 0 Å². The second-order valence-corrected chi connectivity index (χ2v) is 5.04. The Morgan fingerprint density at radius 1 is 1.24 bits per heavy atom. The zero-order chi connectivity index (χ0) is 15.4. The van der Waals surface area contributed by atoms with Gasteiger partial charge in [-0.1, -0.05) is 18.2 Å². The first-order valence-corrected chi connectivity index (χ1v) is 7.01. The SMILES string of the molecule is COc1ccccc1[C@@H](C)NCc1c(C)nn(C)c1OC. The molecule has 5 heteroatoms. The summed E-state index contributed by atoms with van der Waals surface area (Å²) in [6, 6.07) is 8.22. The molecule has 21 heavy (non-hydrogen) atoms. The summed E-state index contributed by atoms with van der Waals surface area (Å²) in [6.07, 6.45) is 0. The van der Waals surface area contributed by atoms with Crippen molar-refractivity contribution >= 4 is 0 Å². The van der Waals surface area contributed by atoms with Crippen molar-refractivity contribution in [1.82, 2.24) is 15.1 Å². The van der Waals surface area contributed by atoms with Crippen LogP contribution in [0.15, 0.2) is 24.3 Å². The van der Waals surface area contributed by atoms with Gasteiger partial charge in [0.2, 0.25) is 5.88 Å². The molecule has 1 aromatic carbocycles. The molecule has 0 spiro atoms. The number of nitrogens with one attached hydrogen (secondary N) is 1. The van der Waals surface area contributed by atoms with Gasteiger partial charge in [-0.15, -0.1) is 0 Å². The van der Waals surface area contributed by atoms with E-state index in [1.54, 1.807) is 18.9 Å². The molecule has 2 rings (SSSR count). The molecule has 1 N–H and O–H groups in total. The van der Waals surface area contributed by atoms with Crippen LogP contribution < -0.4 is 14.8 Å². The number of hydrogen-bond acceptors (Lipinski definition) is 4. The smallest absolute Gasteiger partial charge is 0.216 e. The lowest BCUT2D eigenvalue weighted by molar-refractivity contribution is 0.366. The third-order valence-electron chi connectivity index (χ3n) is 3.67. The summed E-state index contributed by atoms with van der Waals surface area (Å²) in [5, 5.41) is 7.90. The third kappa shape index (κ3) is 3.19. The van der Waals surface area contributed by atoms with Gasteiger partial charge in [0.25, 0.3) is 0 Å². The Morgan fingerprint density at radius 3 is 2.62 bits per heavy atom.